The number of halogens is 2. The molecule has 0 saturated heterocycles. The van der Waals surface area contributed by atoms with Gasteiger partial charge in [-0.1, -0.05) is 17.7 Å². The Morgan fingerprint density at radius 1 is 1.26 bits per heavy atom. The zero-order chi connectivity index (χ0) is 16.7. The molecule has 0 fully saturated rings. The molecule has 1 N–H and O–H groups in total. The maximum atomic E-state index is 14.1. The van der Waals surface area contributed by atoms with Gasteiger partial charge in [0.1, 0.15) is 17.7 Å². The largest absolute Gasteiger partial charge is 0.385 e. The van der Waals surface area contributed by atoms with Gasteiger partial charge in [0.05, 0.1) is 17.6 Å². The van der Waals surface area contributed by atoms with Gasteiger partial charge in [-0.05, 0) is 56.2 Å². The van der Waals surface area contributed by atoms with Crippen LogP contribution < -0.4 is 0 Å². The summed E-state index contributed by atoms with van der Waals surface area (Å²) in [6.07, 6.45) is -0.756. The maximum Gasteiger partial charge on any atom is 0.138 e. The fourth-order valence-electron chi connectivity index (χ4n) is 2.73. The number of aliphatic hydroxyl groups excluding tert-OH is 1. The predicted octanol–water partition coefficient (Wildman–Crippen LogP) is 4.55. The van der Waals surface area contributed by atoms with Crippen LogP contribution in [-0.2, 0) is 6.54 Å². The third-order valence-corrected chi connectivity index (χ3v) is 4.50. The molecule has 1 atom stereocenters. The Bertz CT molecular complexity index is 866. The van der Waals surface area contributed by atoms with Crippen LogP contribution in [-0.4, -0.2) is 14.7 Å². The van der Waals surface area contributed by atoms with Crippen molar-refractivity contribution >= 4 is 22.6 Å². The van der Waals surface area contributed by atoms with E-state index in [1.165, 1.54) is 6.07 Å². The van der Waals surface area contributed by atoms with Crippen LogP contribution in [0, 0.1) is 19.7 Å². The van der Waals surface area contributed by atoms with Crippen LogP contribution in [0.15, 0.2) is 30.3 Å². The highest BCUT2D eigenvalue weighted by Crippen LogP contribution is 2.27. The Balaban J connectivity index is 2.22. The molecule has 1 unspecified atom stereocenters. The van der Waals surface area contributed by atoms with E-state index < -0.39 is 6.10 Å². The summed E-state index contributed by atoms with van der Waals surface area (Å²) in [4.78, 5) is 4.52. The maximum absolute atomic E-state index is 14.1. The standard InChI is InChI=1S/C18H18ClFN2O/c1-10-7-16-17(8-11(10)2)22(18(21-16)12(3)23)9-13-14(19)5-4-6-15(13)20/h4-8,12,23H,9H2,1-3H3. The molecule has 0 amide bonds. The zero-order valence-electron chi connectivity index (χ0n) is 13.3. The van der Waals surface area contributed by atoms with Gasteiger partial charge in [0.2, 0.25) is 0 Å². The summed E-state index contributed by atoms with van der Waals surface area (Å²) in [5, 5.41) is 10.4. The highest BCUT2D eigenvalue weighted by atomic mass is 35.5. The van der Waals surface area contributed by atoms with E-state index in [1.807, 2.05) is 30.5 Å². The van der Waals surface area contributed by atoms with E-state index in [-0.39, 0.29) is 12.4 Å². The molecule has 3 nitrogen and oxygen atoms in total. The van der Waals surface area contributed by atoms with Crippen molar-refractivity contribution in [2.75, 3.05) is 0 Å². The Morgan fingerprint density at radius 2 is 1.96 bits per heavy atom. The second-order valence-corrected chi connectivity index (χ2v) is 6.26. The van der Waals surface area contributed by atoms with Crippen molar-refractivity contribution in [2.45, 2.75) is 33.4 Å². The molecule has 23 heavy (non-hydrogen) atoms. The number of aromatic nitrogens is 2. The first-order valence-electron chi connectivity index (χ1n) is 7.47. The van der Waals surface area contributed by atoms with Crippen molar-refractivity contribution in [1.29, 1.82) is 0 Å². The number of hydrogen-bond acceptors (Lipinski definition) is 2. The first-order chi connectivity index (χ1) is 10.9. The highest BCUT2D eigenvalue weighted by Gasteiger charge is 2.18. The fourth-order valence-corrected chi connectivity index (χ4v) is 2.95. The average molecular weight is 333 g/mol. The van der Waals surface area contributed by atoms with E-state index in [0.29, 0.717) is 16.4 Å². The van der Waals surface area contributed by atoms with E-state index in [1.54, 1.807) is 19.1 Å². The lowest BCUT2D eigenvalue weighted by Gasteiger charge is -2.13. The number of aryl methyl sites for hydroxylation is 2. The quantitative estimate of drug-likeness (QED) is 0.764. The van der Waals surface area contributed by atoms with E-state index in [4.69, 9.17) is 11.6 Å². The lowest BCUT2D eigenvalue weighted by atomic mass is 10.1. The lowest BCUT2D eigenvalue weighted by molar-refractivity contribution is 0.185. The number of hydrogen-bond donors (Lipinski definition) is 1. The molecule has 1 aromatic heterocycles. The fraction of sp³-hybridized carbons (Fsp3) is 0.278. The van der Waals surface area contributed by atoms with Crippen LogP contribution in [0.4, 0.5) is 4.39 Å². The molecule has 0 aliphatic rings. The van der Waals surface area contributed by atoms with Gasteiger partial charge in [-0.3, -0.25) is 0 Å². The van der Waals surface area contributed by atoms with Gasteiger partial charge < -0.3 is 9.67 Å². The van der Waals surface area contributed by atoms with Gasteiger partial charge >= 0.3 is 0 Å². The third kappa shape index (κ3) is 2.84. The van der Waals surface area contributed by atoms with Crippen LogP contribution in [0.3, 0.4) is 0 Å². The first-order valence-corrected chi connectivity index (χ1v) is 7.84. The van der Waals surface area contributed by atoms with Crippen molar-refractivity contribution < 1.29 is 9.50 Å². The van der Waals surface area contributed by atoms with Crippen LogP contribution in [0.5, 0.6) is 0 Å². The molecule has 1 heterocycles. The van der Waals surface area contributed by atoms with Crippen LogP contribution in [0.25, 0.3) is 11.0 Å². The second kappa shape index (κ2) is 5.95. The van der Waals surface area contributed by atoms with E-state index in [9.17, 15) is 9.50 Å². The average Bonchev–Trinajstić information content (AvgIpc) is 2.82. The summed E-state index contributed by atoms with van der Waals surface area (Å²) in [5.41, 5.74) is 4.30. The minimum Gasteiger partial charge on any atom is -0.385 e. The summed E-state index contributed by atoms with van der Waals surface area (Å²) < 4.78 is 16.0. The smallest absolute Gasteiger partial charge is 0.138 e. The molecule has 3 aromatic rings. The molecule has 0 radical (unpaired) electrons. The van der Waals surface area contributed by atoms with E-state index >= 15 is 0 Å². The molecule has 0 bridgehead atoms. The molecule has 2 aromatic carbocycles. The van der Waals surface area contributed by atoms with Crippen molar-refractivity contribution in [1.82, 2.24) is 9.55 Å². The summed E-state index contributed by atoms with van der Waals surface area (Å²) in [7, 11) is 0. The number of benzene rings is 2. The van der Waals surface area contributed by atoms with Crippen molar-refractivity contribution in [3.63, 3.8) is 0 Å². The molecule has 0 aliphatic carbocycles. The summed E-state index contributed by atoms with van der Waals surface area (Å²) in [5.74, 6) is 0.143. The van der Waals surface area contributed by atoms with Crippen molar-refractivity contribution in [2.24, 2.45) is 0 Å². The number of rotatable bonds is 3. The van der Waals surface area contributed by atoms with E-state index in [0.717, 1.165) is 22.2 Å². The SMILES string of the molecule is Cc1cc2nc(C(C)O)n(Cc3c(F)cccc3Cl)c2cc1C. The molecule has 3 rings (SSSR count). The van der Waals surface area contributed by atoms with Crippen LogP contribution in [0.1, 0.15) is 35.5 Å². The van der Waals surface area contributed by atoms with Gasteiger partial charge in [0, 0.05) is 10.6 Å². The molecule has 0 saturated carbocycles. The Morgan fingerprint density at radius 3 is 2.61 bits per heavy atom. The Kier molecular flexibility index (Phi) is 4.13. The number of aliphatic hydroxyl groups is 1. The molecule has 5 heteroatoms. The molecule has 120 valence electrons. The zero-order valence-corrected chi connectivity index (χ0v) is 14.0. The van der Waals surface area contributed by atoms with Gasteiger partial charge in [0.15, 0.2) is 0 Å². The number of fused-ring (bicyclic) bond motifs is 1. The number of nitrogens with zero attached hydrogens (tertiary/aromatic N) is 2. The topological polar surface area (TPSA) is 38.1 Å². The lowest BCUT2D eigenvalue weighted by Crippen LogP contribution is -2.09. The Labute approximate surface area is 139 Å². The summed E-state index contributed by atoms with van der Waals surface area (Å²) >= 11 is 6.15. The number of imidazole rings is 1. The van der Waals surface area contributed by atoms with Gasteiger partial charge in [0.25, 0.3) is 0 Å². The Hall–Kier alpha value is -1.91. The summed E-state index contributed by atoms with van der Waals surface area (Å²) in [6, 6.07) is 8.62. The normalized spacial score (nSPS) is 12.8. The highest BCUT2D eigenvalue weighted by molar-refractivity contribution is 6.31. The van der Waals surface area contributed by atoms with Gasteiger partial charge in [-0.25, -0.2) is 9.37 Å². The molecule has 0 aliphatic heterocycles. The molecular formula is C18H18ClFN2O. The monoisotopic (exact) mass is 332 g/mol. The molecule has 0 spiro atoms. The van der Waals surface area contributed by atoms with Gasteiger partial charge in [-0.15, -0.1) is 0 Å². The molecular weight excluding hydrogens is 315 g/mol. The second-order valence-electron chi connectivity index (χ2n) is 5.86. The van der Waals surface area contributed by atoms with Crippen molar-refractivity contribution in [3.05, 3.63) is 63.7 Å². The van der Waals surface area contributed by atoms with Crippen molar-refractivity contribution in [3.8, 4) is 0 Å². The van der Waals surface area contributed by atoms with Crippen LogP contribution >= 0.6 is 11.6 Å². The first kappa shape index (κ1) is 16.0. The predicted molar refractivity (Wildman–Crippen MR) is 90.4 cm³/mol. The third-order valence-electron chi connectivity index (χ3n) is 4.14. The minimum atomic E-state index is -0.756. The van der Waals surface area contributed by atoms with Gasteiger partial charge in [-0.2, -0.15) is 0 Å². The van der Waals surface area contributed by atoms with Crippen LogP contribution in [0.2, 0.25) is 5.02 Å². The minimum absolute atomic E-state index is 0.227. The van der Waals surface area contributed by atoms with E-state index in [2.05, 4.69) is 4.98 Å². The summed E-state index contributed by atoms with van der Waals surface area (Å²) in [6.45, 7) is 5.92.